The number of nitrogens with one attached hydrogen (secondary N) is 1. The van der Waals surface area contributed by atoms with Gasteiger partial charge < -0.3 is 5.32 Å². The molecule has 3 aromatic rings. The number of hydrogen-bond acceptors (Lipinski definition) is 6. The third-order valence-electron chi connectivity index (χ3n) is 5.62. The number of carbonyl (C=O) groups excluding carboxylic acids is 1. The van der Waals surface area contributed by atoms with E-state index in [2.05, 4.69) is 12.2 Å². The molecule has 1 N–H and O–H groups in total. The smallest absolute Gasteiger partial charge is 0.267 e. The zero-order valence-electron chi connectivity index (χ0n) is 18.9. The summed E-state index contributed by atoms with van der Waals surface area (Å²) in [5.74, 6) is 0.290. The van der Waals surface area contributed by atoms with Crippen LogP contribution in [-0.2, 0) is 4.79 Å². The summed E-state index contributed by atoms with van der Waals surface area (Å²) >= 11 is 6.66. The Morgan fingerprint density at radius 2 is 1.94 bits per heavy atom. The maximum Gasteiger partial charge on any atom is 0.267 e. The van der Waals surface area contributed by atoms with Crippen LogP contribution in [0.5, 0.6) is 0 Å². The molecule has 1 aliphatic rings. The van der Waals surface area contributed by atoms with Crippen molar-refractivity contribution in [1.29, 1.82) is 0 Å². The average molecular weight is 479 g/mol. The van der Waals surface area contributed by atoms with Crippen molar-refractivity contribution < 1.29 is 4.79 Å². The van der Waals surface area contributed by atoms with Crippen molar-refractivity contribution in [2.45, 2.75) is 39.7 Å². The normalized spacial score (nSPS) is 16.1. The number of carbonyl (C=O) groups is 1. The maximum atomic E-state index is 13.5. The lowest BCUT2D eigenvalue weighted by Gasteiger charge is -2.18. The first-order chi connectivity index (χ1) is 15.9. The highest BCUT2D eigenvalue weighted by atomic mass is 32.2. The second-order valence-corrected chi connectivity index (χ2v) is 9.70. The lowest BCUT2D eigenvalue weighted by Crippen LogP contribution is -2.29. The van der Waals surface area contributed by atoms with Crippen LogP contribution in [0, 0.1) is 6.92 Å². The molecule has 1 fully saturated rings. The predicted octanol–water partition coefficient (Wildman–Crippen LogP) is 5.18. The Morgan fingerprint density at radius 1 is 1.18 bits per heavy atom. The summed E-state index contributed by atoms with van der Waals surface area (Å²) in [5.41, 5.74) is 2.66. The van der Waals surface area contributed by atoms with E-state index in [0.29, 0.717) is 32.8 Å². The van der Waals surface area contributed by atoms with Gasteiger partial charge in [0.15, 0.2) is 0 Å². The van der Waals surface area contributed by atoms with Gasteiger partial charge in [-0.1, -0.05) is 73.7 Å². The van der Waals surface area contributed by atoms with E-state index in [1.54, 1.807) is 17.2 Å². The molecule has 6 nitrogen and oxygen atoms in total. The quantitative estimate of drug-likeness (QED) is 0.373. The lowest BCUT2D eigenvalue weighted by atomic mass is 10.1. The molecule has 1 aromatic carbocycles. The van der Waals surface area contributed by atoms with Crippen molar-refractivity contribution in [1.82, 2.24) is 14.3 Å². The van der Waals surface area contributed by atoms with Gasteiger partial charge in [-0.3, -0.25) is 18.9 Å². The topological polar surface area (TPSA) is 66.7 Å². The van der Waals surface area contributed by atoms with Gasteiger partial charge in [-0.25, -0.2) is 4.98 Å². The molecular formula is C25H26N4O2S2. The van der Waals surface area contributed by atoms with Crippen LogP contribution in [0.15, 0.2) is 58.4 Å². The van der Waals surface area contributed by atoms with Crippen LogP contribution in [0.3, 0.4) is 0 Å². The maximum absolute atomic E-state index is 13.5. The molecule has 33 heavy (non-hydrogen) atoms. The highest BCUT2D eigenvalue weighted by Gasteiger charge is 2.32. The Kier molecular flexibility index (Phi) is 6.95. The van der Waals surface area contributed by atoms with Gasteiger partial charge in [0, 0.05) is 18.8 Å². The van der Waals surface area contributed by atoms with Crippen LogP contribution in [0.2, 0.25) is 0 Å². The summed E-state index contributed by atoms with van der Waals surface area (Å²) in [5, 5.41) is 3.40. The zero-order chi connectivity index (χ0) is 23.5. The van der Waals surface area contributed by atoms with Gasteiger partial charge in [-0.05, 0) is 43.5 Å². The van der Waals surface area contributed by atoms with Crippen molar-refractivity contribution in [3.63, 3.8) is 0 Å². The minimum absolute atomic E-state index is 0.0872. The molecule has 4 rings (SSSR count). The molecule has 0 bridgehead atoms. The fraction of sp³-hybridized carbons (Fsp3) is 0.280. The monoisotopic (exact) mass is 478 g/mol. The summed E-state index contributed by atoms with van der Waals surface area (Å²) in [6.45, 7) is 6.60. The number of thioether (sulfide) groups is 1. The molecule has 1 amide bonds. The van der Waals surface area contributed by atoms with Gasteiger partial charge in [-0.2, -0.15) is 0 Å². The van der Waals surface area contributed by atoms with E-state index in [1.165, 1.54) is 16.2 Å². The SMILES string of the molecule is CCCCN1C(=O)/C(=C/c2c(N[C@H](C)c3ccccc3)nc3c(C)cccn3c2=O)SC1=S. The molecule has 0 aliphatic carbocycles. The molecule has 0 saturated carbocycles. The largest absolute Gasteiger partial charge is 0.363 e. The lowest BCUT2D eigenvalue weighted by molar-refractivity contribution is -0.122. The third kappa shape index (κ3) is 4.72. The van der Waals surface area contributed by atoms with Crippen molar-refractivity contribution in [3.05, 3.63) is 80.6 Å². The van der Waals surface area contributed by atoms with Crippen molar-refractivity contribution in [2.24, 2.45) is 0 Å². The minimum Gasteiger partial charge on any atom is -0.363 e. The fourth-order valence-corrected chi connectivity index (χ4v) is 5.01. The zero-order valence-corrected chi connectivity index (χ0v) is 20.5. The summed E-state index contributed by atoms with van der Waals surface area (Å²) in [4.78, 5) is 33.4. The highest BCUT2D eigenvalue weighted by Crippen LogP contribution is 2.33. The van der Waals surface area contributed by atoms with Crippen LogP contribution in [0.25, 0.3) is 11.7 Å². The minimum atomic E-state index is -0.231. The fourth-order valence-electron chi connectivity index (χ4n) is 3.72. The van der Waals surface area contributed by atoms with E-state index in [-0.39, 0.29) is 17.5 Å². The number of hydrogen-bond donors (Lipinski definition) is 1. The molecule has 1 aliphatic heterocycles. The first kappa shape index (κ1) is 23.2. The Labute approximate surface area is 202 Å². The van der Waals surface area contributed by atoms with Crippen LogP contribution in [0.4, 0.5) is 5.82 Å². The first-order valence-electron chi connectivity index (χ1n) is 11.0. The van der Waals surface area contributed by atoms with E-state index >= 15 is 0 Å². The molecular weight excluding hydrogens is 452 g/mol. The molecule has 170 valence electrons. The average Bonchev–Trinajstić information content (AvgIpc) is 3.08. The molecule has 2 aromatic heterocycles. The Hall–Kier alpha value is -2.97. The number of benzene rings is 1. The van der Waals surface area contributed by atoms with E-state index in [9.17, 15) is 9.59 Å². The number of amides is 1. The van der Waals surface area contributed by atoms with Crippen molar-refractivity contribution >= 4 is 51.7 Å². The second-order valence-electron chi connectivity index (χ2n) is 8.03. The number of nitrogens with zero attached hydrogens (tertiary/aromatic N) is 3. The van der Waals surface area contributed by atoms with Gasteiger partial charge in [-0.15, -0.1) is 0 Å². The number of pyridine rings is 1. The van der Waals surface area contributed by atoms with Gasteiger partial charge in [0.25, 0.3) is 11.5 Å². The summed E-state index contributed by atoms with van der Waals surface area (Å²) < 4.78 is 2.05. The van der Waals surface area contributed by atoms with Crippen LogP contribution >= 0.6 is 24.0 Å². The van der Waals surface area contributed by atoms with Crippen LogP contribution < -0.4 is 10.9 Å². The van der Waals surface area contributed by atoms with Crippen molar-refractivity contribution in [2.75, 3.05) is 11.9 Å². The molecule has 0 unspecified atom stereocenters. The predicted molar refractivity (Wildman–Crippen MR) is 139 cm³/mol. The van der Waals surface area contributed by atoms with Gasteiger partial charge >= 0.3 is 0 Å². The first-order valence-corrected chi connectivity index (χ1v) is 12.2. The number of aromatic nitrogens is 2. The van der Waals surface area contributed by atoms with E-state index in [1.807, 2.05) is 56.3 Å². The van der Waals surface area contributed by atoms with Gasteiger partial charge in [0.1, 0.15) is 15.8 Å². The van der Waals surface area contributed by atoms with Gasteiger partial charge in [0.2, 0.25) is 0 Å². The molecule has 0 radical (unpaired) electrons. The van der Waals surface area contributed by atoms with Crippen LogP contribution in [0.1, 0.15) is 49.4 Å². The van der Waals surface area contributed by atoms with Crippen LogP contribution in [-0.4, -0.2) is 31.1 Å². The molecule has 8 heteroatoms. The molecule has 1 atom stereocenters. The Morgan fingerprint density at radius 3 is 2.67 bits per heavy atom. The second kappa shape index (κ2) is 9.89. The number of rotatable bonds is 7. The molecule has 1 saturated heterocycles. The van der Waals surface area contributed by atoms with E-state index < -0.39 is 0 Å². The Bertz CT molecular complexity index is 1300. The number of anilines is 1. The number of aryl methyl sites for hydroxylation is 1. The molecule has 0 spiro atoms. The van der Waals surface area contributed by atoms with Gasteiger partial charge in [0.05, 0.1) is 10.5 Å². The van der Waals surface area contributed by atoms with Crippen molar-refractivity contribution in [3.8, 4) is 0 Å². The van der Waals surface area contributed by atoms with E-state index in [4.69, 9.17) is 17.2 Å². The Balaban J connectivity index is 1.81. The summed E-state index contributed by atoms with van der Waals surface area (Å²) in [6, 6.07) is 13.6. The molecule has 3 heterocycles. The van der Waals surface area contributed by atoms with E-state index in [0.717, 1.165) is 24.0 Å². The third-order valence-corrected chi connectivity index (χ3v) is 7.00. The summed E-state index contributed by atoms with van der Waals surface area (Å²) in [7, 11) is 0. The highest BCUT2D eigenvalue weighted by molar-refractivity contribution is 8.26. The standard InChI is InChI=1S/C25H26N4O2S2/c1-4-5-13-29-24(31)20(33-25(29)32)15-19-21(26-17(3)18-11-7-6-8-12-18)27-22-16(2)10-9-14-28(22)23(19)30/h6-12,14-15,17,26H,4-5,13H2,1-3H3/b20-15-/t17-/m1/s1. The number of fused-ring (bicyclic) bond motifs is 1. The summed E-state index contributed by atoms with van der Waals surface area (Å²) in [6.07, 6.45) is 5.18. The number of unbranched alkanes of at least 4 members (excludes halogenated alkanes) is 1. The number of thiocarbonyl (C=S) groups is 1.